The summed E-state index contributed by atoms with van der Waals surface area (Å²) < 4.78 is 31.4. The van der Waals surface area contributed by atoms with E-state index in [2.05, 4.69) is 5.32 Å². The predicted octanol–water partition coefficient (Wildman–Crippen LogP) is 1.76. The molecule has 0 radical (unpaired) electrons. The third kappa shape index (κ3) is 4.30. The summed E-state index contributed by atoms with van der Waals surface area (Å²) in [4.78, 5) is 13.6. The maximum atomic E-state index is 13.4. The Morgan fingerprint density at radius 2 is 2.32 bits per heavy atom. The number of rotatable bonds is 5. The Hall–Kier alpha value is -1.89. The highest BCUT2D eigenvalue weighted by molar-refractivity contribution is 5.74. The van der Waals surface area contributed by atoms with Gasteiger partial charge >= 0.3 is 6.03 Å². The largest absolute Gasteiger partial charge is 0.488 e. The first kappa shape index (κ1) is 16.5. The van der Waals surface area contributed by atoms with Gasteiger partial charge in [-0.2, -0.15) is 0 Å². The van der Waals surface area contributed by atoms with E-state index in [-0.39, 0.29) is 37.0 Å². The molecule has 1 saturated heterocycles. The molecule has 7 heteroatoms. The molecular weight excluding hydrogens is 294 g/mol. The van der Waals surface area contributed by atoms with Crippen molar-refractivity contribution in [2.75, 3.05) is 26.3 Å². The minimum absolute atomic E-state index is 0.0518. The van der Waals surface area contributed by atoms with Crippen LogP contribution in [0.2, 0.25) is 0 Å². The summed E-state index contributed by atoms with van der Waals surface area (Å²) in [6.07, 6.45) is 0.787. The summed E-state index contributed by atoms with van der Waals surface area (Å²) in [7, 11) is 0. The first-order valence-corrected chi connectivity index (χ1v) is 7.23. The minimum Gasteiger partial charge on any atom is -0.488 e. The van der Waals surface area contributed by atoms with Crippen LogP contribution in [0, 0.1) is 17.6 Å². The summed E-state index contributed by atoms with van der Waals surface area (Å²) >= 11 is 0. The lowest BCUT2D eigenvalue weighted by atomic mass is 10.1. The molecule has 0 saturated carbocycles. The molecule has 1 aliphatic heterocycles. The van der Waals surface area contributed by atoms with Crippen LogP contribution in [0.5, 0.6) is 5.75 Å². The SMILES string of the molecule is CC(COc1ccc(F)cc1F)NC(=O)N1CCC(CO)C1. The van der Waals surface area contributed by atoms with Gasteiger partial charge in [0, 0.05) is 31.7 Å². The van der Waals surface area contributed by atoms with E-state index in [4.69, 9.17) is 9.84 Å². The second-order valence-corrected chi connectivity index (χ2v) is 5.52. The maximum Gasteiger partial charge on any atom is 0.317 e. The van der Waals surface area contributed by atoms with Gasteiger partial charge in [0.05, 0.1) is 6.04 Å². The van der Waals surface area contributed by atoms with Gasteiger partial charge in [-0.25, -0.2) is 13.6 Å². The van der Waals surface area contributed by atoms with Crippen molar-refractivity contribution in [3.8, 4) is 5.75 Å². The van der Waals surface area contributed by atoms with Crippen molar-refractivity contribution in [3.05, 3.63) is 29.8 Å². The number of nitrogens with zero attached hydrogens (tertiary/aromatic N) is 1. The lowest BCUT2D eigenvalue weighted by Crippen LogP contribution is -2.45. The van der Waals surface area contributed by atoms with Crippen LogP contribution in [0.15, 0.2) is 18.2 Å². The van der Waals surface area contributed by atoms with Crippen molar-refractivity contribution in [3.63, 3.8) is 0 Å². The smallest absolute Gasteiger partial charge is 0.317 e. The van der Waals surface area contributed by atoms with Gasteiger partial charge in [0.1, 0.15) is 12.4 Å². The number of benzene rings is 1. The van der Waals surface area contributed by atoms with Crippen LogP contribution in [0.4, 0.5) is 13.6 Å². The number of aliphatic hydroxyl groups is 1. The predicted molar refractivity (Wildman–Crippen MR) is 76.6 cm³/mol. The van der Waals surface area contributed by atoms with Gasteiger partial charge in [-0.3, -0.25) is 0 Å². The number of carbonyl (C=O) groups excluding carboxylic acids is 1. The fourth-order valence-electron chi connectivity index (χ4n) is 2.32. The Morgan fingerprint density at radius 3 is 2.95 bits per heavy atom. The number of likely N-dealkylation sites (tertiary alicyclic amines) is 1. The fourth-order valence-corrected chi connectivity index (χ4v) is 2.32. The van der Waals surface area contributed by atoms with Crippen molar-refractivity contribution >= 4 is 6.03 Å². The van der Waals surface area contributed by atoms with E-state index in [9.17, 15) is 13.6 Å². The number of aliphatic hydroxyl groups excluding tert-OH is 1. The number of carbonyl (C=O) groups is 1. The van der Waals surface area contributed by atoms with Crippen LogP contribution in [0.25, 0.3) is 0 Å². The third-order valence-corrected chi connectivity index (χ3v) is 3.58. The summed E-state index contributed by atoms with van der Waals surface area (Å²) in [5.74, 6) is -1.36. The average molecular weight is 314 g/mol. The lowest BCUT2D eigenvalue weighted by Gasteiger charge is -2.21. The van der Waals surface area contributed by atoms with E-state index in [0.29, 0.717) is 13.1 Å². The van der Waals surface area contributed by atoms with Gasteiger partial charge in [-0.15, -0.1) is 0 Å². The van der Waals surface area contributed by atoms with E-state index >= 15 is 0 Å². The van der Waals surface area contributed by atoms with E-state index in [1.54, 1.807) is 11.8 Å². The Morgan fingerprint density at radius 1 is 1.55 bits per heavy atom. The highest BCUT2D eigenvalue weighted by Crippen LogP contribution is 2.18. The van der Waals surface area contributed by atoms with Gasteiger partial charge in [0.15, 0.2) is 11.6 Å². The van der Waals surface area contributed by atoms with Gasteiger partial charge in [-0.1, -0.05) is 0 Å². The van der Waals surface area contributed by atoms with E-state index in [0.717, 1.165) is 18.6 Å². The first-order valence-electron chi connectivity index (χ1n) is 7.23. The first-order chi connectivity index (χ1) is 10.5. The second kappa shape index (κ2) is 7.40. The van der Waals surface area contributed by atoms with Crippen LogP contribution in [-0.4, -0.2) is 48.4 Å². The van der Waals surface area contributed by atoms with E-state index in [1.807, 2.05) is 0 Å². The number of nitrogens with one attached hydrogen (secondary N) is 1. The van der Waals surface area contributed by atoms with Crippen LogP contribution < -0.4 is 10.1 Å². The number of ether oxygens (including phenoxy) is 1. The number of halogens is 2. The van der Waals surface area contributed by atoms with Gasteiger partial charge in [-0.05, 0) is 25.5 Å². The Kier molecular flexibility index (Phi) is 5.54. The molecule has 1 aromatic rings. The summed E-state index contributed by atoms with van der Waals surface area (Å²) in [6.45, 7) is 3.02. The molecule has 2 rings (SSSR count). The number of hydrogen-bond acceptors (Lipinski definition) is 3. The molecule has 0 aliphatic carbocycles. The van der Waals surface area contributed by atoms with Crippen molar-refractivity contribution < 1.29 is 23.4 Å². The minimum atomic E-state index is -0.774. The standard InChI is InChI=1S/C15H20F2N2O3/c1-10(9-22-14-3-2-12(16)6-13(14)17)18-15(21)19-5-4-11(7-19)8-20/h2-3,6,10-11,20H,4-5,7-9H2,1H3,(H,18,21). The van der Waals surface area contributed by atoms with Crippen LogP contribution in [-0.2, 0) is 0 Å². The Bertz CT molecular complexity index is 528. The monoisotopic (exact) mass is 314 g/mol. The topological polar surface area (TPSA) is 61.8 Å². The van der Waals surface area contributed by atoms with Crippen molar-refractivity contribution in [2.45, 2.75) is 19.4 Å². The molecule has 122 valence electrons. The van der Waals surface area contributed by atoms with Crippen molar-refractivity contribution in [1.29, 1.82) is 0 Å². The molecule has 0 bridgehead atoms. The maximum absolute atomic E-state index is 13.4. The van der Waals surface area contributed by atoms with Gasteiger partial charge < -0.3 is 20.1 Å². The molecule has 22 heavy (non-hydrogen) atoms. The van der Waals surface area contributed by atoms with E-state index < -0.39 is 11.6 Å². The van der Waals surface area contributed by atoms with Crippen LogP contribution >= 0.6 is 0 Å². The molecule has 1 aliphatic rings. The molecule has 0 aromatic heterocycles. The summed E-state index contributed by atoms with van der Waals surface area (Å²) in [5, 5.41) is 11.8. The molecular formula is C15H20F2N2O3. The lowest BCUT2D eigenvalue weighted by molar-refractivity contribution is 0.188. The molecule has 1 fully saturated rings. The summed E-state index contributed by atoms with van der Waals surface area (Å²) in [6, 6.07) is 2.52. The quantitative estimate of drug-likeness (QED) is 0.870. The third-order valence-electron chi connectivity index (χ3n) is 3.58. The number of hydrogen-bond donors (Lipinski definition) is 2. The molecule has 0 spiro atoms. The average Bonchev–Trinajstić information content (AvgIpc) is 2.95. The van der Waals surface area contributed by atoms with Crippen LogP contribution in [0.1, 0.15) is 13.3 Å². The van der Waals surface area contributed by atoms with Crippen molar-refractivity contribution in [2.24, 2.45) is 5.92 Å². The second-order valence-electron chi connectivity index (χ2n) is 5.52. The summed E-state index contributed by atoms with van der Waals surface area (Å²) in [5.41, 5.74) is 0. The zero-order valence-corrected chi connectivity index (χ0v) is 12.4. The Labute approximate surface area is 127 Å². The van der Waals surface area contributed by atoms with Gasteiger partial charge in [0.2, 0.25) is 0 Å². The van der Waals surface area contributed by atoms with E-state index in [1.165, 1.54) is 6.07 Å². The molecule has 2 N–H and O–H groups in total. The normalized spacial score (nSPS) is 19.1. The molecule has 1 heterocycles. The molecule has 2 atom stereocenters. The number of amides is 2. The Balaban J connectivity index is 1.78. The van der Waals surface area contributed by atoms with Crippen molar-refractivity contribution in [1.82, 2.24) is 10.2 Å². The molecule has 1 aromatic carbocycles. The van der Waals surface area contributed by atoms with Gasteiger partial charge in [0.25, 0.3) is 0 Å². The zero-order valence-electron chi connectivity index (χ0n) is 12.4. The molecule has 2 amide bonds. The highest BCUT2D eigenvalue weighted by Gasteiger charge is 2.26. The molecule has 2 unspecified atom stereocenters. The zero-order chi connectivity index (χ0) is 16.1. The highest BCUT2D eigenvalue weighted by atomic mass is 19.1. The number of urea groups is 1. The fraction of sp³-hybridized carbons (Fsp3) is 0.533. The molecule has 5 nitrogen and oxygen atoms in total. The van der Waals surface area contributed by atoms with Crippen LogP contribution in [0.3, 0.4) is 0 Å².